The summed E-state index contributed by atoms with van der Waals surface area (Å²) >= 11 is 0. The fourth-order valence-corrected chi connectivity index (χ4v) is 4.16. The lowest BCUT2D eigenvalue weighted by atomic mass is 9.75. The number of amides is 1. The van der Waals surface area contributed by atoms with Gasteiger partial charge in [0.1, 0.15) is 6.61 Å². The number of nitrogens with one attached hydrogen (secondary N) is 1. The number of hydrogen-bond acceptors (Lipinski definition) is 3. The highest BCUT2D eigenvalue weighted by Gasteiger charge is 2.47. The Kier molecular flexibility index (Phi) is 8.08. The number of carbonyl (C=O) groups is 2. The van der Waals surface area contributed by atoms with Gasteiger partial charge in [0.15, 0.2) is 5.41 Å². The molecule has 0 radical (unpaired) electrons. The monoisotopic (exact) mass is 463 g/mol. The Morgan fingerprint density at radius 2 is 0.971 bits per heavy atom. The van der Waals surface area contributed by atoms with E-state index < -0.39 is 11.4 Å². The van der Waals surface area contributed by atoms with E-state index in [-0.39, 0.29) is 25.4 Å². The minimum atomic E-state index is -1.42. The largest absolute Gasteiger partial charge is 0.460 e. The number of ether oxygens (including phenoxy) is 1. The predicted molar refractivity (Wildman–Crippen MR) is 137 cm³/mol. The van der Waals surface area contributed by atoms with Gasteiger partial charge in [-0.25, -0.2) is 0 Å². The third-order valence-corrected chi connectivity index (χ3v) is 6.03. The van der Waals surface area contributed by atoms with Crippen LogP contribution in [0.25, 0.3) is 0 Å². The van der Waals surface area contributed by atoms with Crippen LogP contribution in [0.1, 0.15) is 22.3 Å². The zero-order valence-corrected chi connectivity index (χ0v) is 19.6. The van der Waals surface area contributed by atoms with Gasteiger partial charge in [0, 0.05) is 6.54 Å². The zero-order valence-electron chi connectivity index (χ0n) is 19.6. The highest BCUT2D eigenvalue weighted by Crippen LogP contribution is 2.31. The molecule has 0 bridgehead atoms. The summed E-state index contributed by atoms with van der Waals surface area (Å²) in [6, 6.07) is 38.5. The number of hydrogen-bond donors (Lipinski definition) is 1. The molecule has 1 amide bonds. The van der Waals surface area contributed by atoms with Crippen molar-refractivity contribution < 1.29 is 14.3 Å². The normalized spacial score (nSPS) is 11.0. The van der Waals surface area contributed by atoms with Crippen LogP contribution in [0.15, 0.2) is 121 Å². The molecule has 0 aliphatic carbocycles. The topological polar surface area (TPSA) is 55.4 Å². The second kappa shape index (κ2) is 11.8. The summed E-state index contributed by atoms with van der Waals surface area (Å²) in [4.78, 5) is 27.7. The Hall–Kier alpha value is -4.18. The van der Waals surface area contributed by atoms with Crippen molar-refractivity contribution in [2.75, 3.05) is 0 Å². The fraction of sp³-hybridized carbons (Fsp3) is 0.161. The van der Waals surface area contributed by atoms with Crippen molar-refractivity contribution in [3.05, 3.63) is 144 Å². The third-order valence-electron chi connectivity index (χ3n) is 6.03. The lowest BCUT2D eigenvalue weighted by molar-refractivity contribution is -0.162. The van der Waals surface area contributed by atoms with Crippen LogP contribution in [0.4, 0.5) is 0 Å². The second-order valence-electron chi connectivity index (χ2n) is 8.64. The number of benzene rings is 4. The Morgan fingerprint density at radius 3 is 1.43 bits per heavy atom. The van der Waals surface area contributed by atoms with Gasteiger partial charge < -0.3 is 10.1 Å². The Balaban J connectivity index is 1.67. The van der Waals surface area contributed by atoms with Gasteiger partial charge in [-0.1, -0.05) is 121 Å². The predicted octanol–water partition coefficient (Wildman–Crippen LogP) is 5.52. The van der Waals surface area contributed by atoms with Gasteiger partial charge in [0.25, 0.3) is 0 Å². The molecule has 4 aromatic rings. The average molecular weight is 464 g/mol. The smallest absolute Gasteiger partial charge is 0.322 e. The first kappa shape index (κ1) is 24.0. The molecule has 0 aromatic heterocycles. The van der Waals surface area contributed by atoms with Crippen molar-refractivity contribution in [1.82, 2.24) is 5.32 Å². The van der Waals surface area contributed by atoms with Crippen LogP contribution in [0, 0.1) is 5.41 Å². The molecule has 0 unspecified atom stereocenters. The van der Waals surface area contributed by atoms with Crippen molar-refractivity contribution in [3.63, 3.8) is 0 Å². The van der Waals surface area contributed by atoms with Crippen LogP contribution in [-0.4, -0.2) is 11.9 Å². The molecule has 176 valence electrons. The molecule has 4 aromatic carbocycles. The SMILES string of the molecule is O=C(NCc1ccccc1)C(Cc1ccccc1)(Cc1ccccc1)C(=O)OCc1ccccc1. The molecule has 4 heteroatoms. The second-order valence-corrected chi connectivity index (χ2v) is 8.64. The van der Waals surface area contributed by atoms with Crippen LogP contribution in [-0.2, 0) is 40.3 Å². The fourth-order valence-electron chi connectivity index (χ4n) is 4.16. The van der Waals surface area contributed by atoms with Gasteiger partial charge >= 0.3 is 5.97 Å². The molecular weight excluding hydrogens is 434 g/mol. The van der Waals surface area contributed by atoms with Crippen LogP contribution in [0.3, 0.4) is 0 Å². The molecule has 0 fully saturated rings. The molecule has 1 N–H and O–H groups in total. The molecule has 0 spiro atoms. The van der Waals surface area contributed by atoms with E-state index in [1.54, 1.807) is 0 Å². The summed E-state index contributed by atoms with van der Waals surface area (Å²) in [6.07, 6.45) is 0.466. The average Bonchev–Trinajstić information content (AvgIpc) is 2.92. The maximum Gasteiger partial charge on any atom is 0.322 e. The van der Waals surface area contributed by atoms with Gasteiger partial charge in [-0.2, -0.15) is 0 Å². The van der Waals surface area contributed by atoms with Crippen molar-refractivity contribution in [2.45, 2.75) is 26.0 Å². The third kappa shape index (κ3) is 6.45. The van der Waals surface area contributed by atoms with Crippen molar-refractivity contribution in [2.24, 2.45) is 5.41 Å². The van der Waals surface area contributed by atoms with Gasteiger partial charge in [0.2, 0.25) is 5.91 Å². The summed E-state index contributed by atoms with van der Waals surface area (Å²) in [5, 5.41) is 3.02. The highest BCUT2D eigenvalue weighted by molar-refractivity contribution is 6.03. The van der Waals surface area contributed by atoms with Gasteiger partial charge in [-0.05, 0) is 35.1 Å². The van der Waals surface area contributed by atoms with Crippen LogP contribution in [0.2, 0.25) is 0 Å². The highest BCUT2D eigenvalue weighted by atomic mass is 16.5. The maximum absolute atomic E-state index is 13.9. The Morgan fingerprint density at radius 1 is 0.571 bits per heavy atom. The molecule has 0 aliphatic rings. The zero-order chi connectivity index (χ0) is 24.3. The van der Waals surface area contributed by atoms with Crippen LogP contribution < -0.4 is 5.32 Å². The number of esters is 1. The van der Waals surface area contributed by atoms with E-state index in [2.05, 4.69) is 5.32 Å². The summed E-state index contributed by atoms with van der Waals surface area (Å²) in [7, 11) is 0. The Labute approximate surface area is 206 Å². The molecule has 4 rings (SSSR count). The molecule has 0 saturated carbocycles. The van der Waals surface area contributed by atoms with Gasteiger partial charge in [-0.3, -0.25) is 9.59 Å². The lowest BCUT2D eigenvalue weighted by Crippen LogP contribution is -2.50. The summed E-state index contributed by atoms with van der Waals surface area (Å²) < 4.78 is 5.81. The van der Waals surface area contributed by atoms with Crippen molar-refractivity contribution >= 4 is 11.9 Å². The standard InChI is InChI=1S/C31H29NO3/c33-29(32-23-27-17-9-3-10-18-27)31(21-25-13-5-1-6-14-25,22-26-15-7-2-8-16-26)30(34)35-24-28-19-11-4-12-20-28/h1-20H,21-24H2,(H,32,33). The lowest BCUT2D eigenvalue weighted by Gasteiger charge is -2.31. The number of carbonyl (C=O) groups excluding carboxylic acids is 2. The molecule has 4 nitrogen and oxygen atoms in total. The van der Waals surface area contributed by atoms with Crippen LogP contribution >= 0.6 is 0 Å². The summed E-state index contributed by atoms with van der Waals surface area (Å²) in [5.41, 5.74) is 2.21. The molecule has 0 heterocycles. The van der Waals surface area contributed by atoms with E-state index >= 15 is 0 Å². The van der Waals surface area contributed by atoms with E-state index in [9.17, 15) is 9.59 Å². The first-order valence-corrected chi connectivity index (χ1v) is 11.8. The molecular formula is C31H29NO3. The van der Waals surface area contributed by atoms with Gasteiger partial charge in [-0.15, -0.1) is 0 Å². The minimum Gasteiger partial charge on any atom is -0.460 e. The van der Waals surface area contributed by atoms with Crippen molar-refractivity contribution in [3.8, 4) is 0 Å². The van der Waals surface area contributed by atoms with E-state index in [1.165, 1.54) is 0 Å². The summed E-state index contributed by atoms with van der Waals surface area (Å²) in [5.74, 6) is -0.869. The van der Waals surface area contributed by atoms with Gasteiger partial charge in [0.05, 0.1) is 0 Å². The van der Waals surface area contributed by atoms with Crippen molar-refractivity contribution in [1.29, 1.82) is 0 Å². The van der Waals surface area contributed by atoms with Crippen LogP contribution in [0.5, 0.6) is 0 Å². The minimum absolute atomic E-state index is 0.108. The number of rotatable bonds is 10. The molecule has 35 heavy (non-hydrogen) atoms. The first-order valence-electron chi connectivity index (χ1n) is 11.8. The Bertz CT molecular complexity index is 1110. The molecule has 0 atom stereocenters. The van der Waals surface area contributed by atoms with E-state index in [0.717, 1.165) is 22.3 Å². The van der Waals surface area contributed by atoms with E-state index in [1.807, 2.05) is 121 Å². The summed E-state index contributed by atoms with van der Waals surface area (Å²) in [6.45, 7) is 0.438. The molecule has 0 aliphatic heterocycles. The van der Waals surface area contributed by atoms with E-state index in [4.69, 9.17) is 4.74 Å². The maximum atomic E-state index is 13.9. The van der Waals surface area contributed by atoms with E-state index in [0.29, 0.717) is 6.54 Å². The quantitative estimate of drug-likeness (QED) is 0.249. The first-order chi connectivity index (χ1) is 17.2. The molecule has 0 saturated heterocycles.